The van der Waals surface area contributed by atoms with Crippen molar-refractivity contribution in [3.63, 3.8) is 0 Å². The van der Waals surface area contributed by atoms with Gasteiger partial charge in [0.2, 0.25) is 5.91 Å². The molecule has 2 aromatic heterocycles. The summed E-state index contributed by atoms with van der Waals surface area (Å²) in [5.41, 5.74) is 1.51. The van der Waals surface area contributed by atoms with Crippen LogP contribution < -0.4 is 10.1 Å². The number of Topliss-reactive ketones (excluding diaryl/α,β-unsaturated/α-hetero) is 1. The van der Waals surface area contributed by atoms with Crippen molar-refractivity contribution in [2.45, 2.75) is 26.3 Å². The van der Waals surface area contributed by atoms with Crippen LogP contribution in [0.25, 0.3) is 21.0 Å². The van der Waals surface area contributed by atoms with Crippen molar-refractivity contribution in [1.29, 1.82) is 0 Å². The summed E-state index contributed by atoms with van der Waals surface area (Å²) in [4.78, 5) is 29.0. The Morgan fingerprint density at radius 2 is 1.84 bits per heavy atom. The van der Waals surface area contributed by atoms with Gasteiger partial charge in [0.25, 0.3) is 0 Å². The molecule has 1 N–H and O–H groups in total. The number of nitrogens with zero attached hydrogens (tertiary/aromatic N) is 1. The van der Waals surface area contributed by atoms with Crippen molar-refractivity contribution < 1.29 is 18.7 Å². The number of ether oxygens (including phenoxy) is 1. The number of hydrogen-bond acceptors (Lipinski definition) is 6. The quantitative estimate of drug-likeness (QED) is 0.365. The Bertz CT molecular complexity index is 1160. The van der Waals surface area contributed by atoms with Crippen LogP contribution in [0.2, 0.25) is 0 Å². The Balaban J connectivity index is 1.26. The number of carbonyl (C=O) groups is 2. The summed E-state index contributed by atoms with van der Waals surface area (Å²) in [6, 6.07) is 18.6. The van der Waals surface area contributed by atoms with E-state index in [1.165, 1.54) is 0 Å². The van der Waals surface area contributed by atoms with Crippen molar-refractivity contribution in [1.82, 2.24) is 10.3 Å². The Labute approximate surface area is 183 Å². The zero-order valence-corrected chi connectivity index (χ0v) is 17.9. The zero-order chi connectivity index (χ0) is 21.6. The second-order valence-electron chi connectivity index (χ2n) is 6.91. The van der Waals surface area contributed by atoms with E-state index in [0.29, 0.717) is 23.7 Å². The van der Waals surface area contributed by atoms with E-state index < -0.39 is 0 Å². The Morgan fingerprint density at radius 3 is 2.61 bits per heavy atom. The number of aromatic nitrogens is 1. The molecule has 0 fully saturated rings. The molecule has 0 atom stereocenters. The Kier molecular flexibility index (Phi) is 6.43. The Hall–Kier alpha value is -3.45. The molecule has 0 radical (unpaired) electrons. The Morgan fingerprint density at radius 1 is 1.03 bits per heavy atom. The van der Waals surface area contributed by atoms with Gasteiger partial charge in [-0.25, -0.2) is 4.98 Å². The number of nitrogens with one attached hydrogen (secondary N) is 1. The van der Waals surface area contributed by atoms with Crippen LogP contribution in [-0.4, -0.2) is 23.3 Å². The number of furan rings is 1. The largest absolute Gasteiger partial charge is 0.494 e. The number of thiazole rings is 1. The van der Waals surface area contributed by atoms with E-state index in [9.17, 15) is 9.59 Å². The standard InChI is InChI=1S/C24H22N2O4S/c1-2-29-17-9-7-16(8-10-17)20(27)12-14-23(28)25-15-18-11-13-21(30-18)24-26-19-5-3-4-6-22(19)31-24/h3-11,13H,2,12,14-15H2,1H3,(H,25,28). The molecule has 4 aromatic rings. The van der Waals surface area contributed by atoms with Gasteiger partial charge in [0.1, 0.15) is 11.5 Å². The predicted molar refractivity (Wildman–Crippen MR) is 120 cm³/mol. The molecule has 0 aliphatic rings. The molecule has 2 heterocycles. The maximum atomic E-state index is 12.3. The molecule has 0 aliphatic heterocycles. The van der Waals surface area contributed by atoms with Gasteiger partial charge in [-0.05, 0) is 55.5 Å². The van der Waals surface area contributed by atoms with Crippen molar-refractivity contribution >= 4 is 33.2 Å². The first-order valence-corrected chi connectivity index (χ1v) is 10.9. The van der Waals surface area contributed by atoms with E-state index in [4.69, 9.17) is 9.15 Å². The van der Waals surface area contributed by atoms with E-state index >= 15 is 0 Å². The minimum atomic E-state index is -0.197. The fourth-order valence-corrected chi connectivity index (χ4v) is 4.04. The molecule has 158 valence electrons. The van der Waals surface area contributed by atoms with Crippen LogP contribution in [0.1, 0.15) is 35.9 Å². The van der Waals surface area contributed by atoms with Crippen LogP contribution in [-0.2, 0) is 11.3 Å². The number of amides is 1. The molecule has 0 aliphatic carbocycles. The summed E-state index contributed by atoms with van der Waals surface area (Å²) < 4.78 is 12.3. The number of para-hydroxylation sites is 1. The monoisotopic (exact) mass is 434 g/mol. The highest BCUT2D eigenvalue weighted by Crippen LogP contribution is 2.31. The molecule has 7 heteroatoms. The minimum absolute atomic E-state index is 0.0747. The fourth-order valence-electron chi connectivity index (χ4n) is 3.11. The fraction of sp³-hybridized carbons (Fsp3) is 0.208. The summed E-state index contributed by atoms with van der Waals surface area (Å²) in [7, 11) is 0. The molecule has 2 aromatic carbocycles. The van der Waals surface area contributed by atoms with E-state index in [-0.39, 0.29) is 31.1 Å². The molecule has 0 saturated heterocycles. The predicted octanol–water partition coefficient (Wildman–Crippen LogP) is 5.23. The first-order chi connectivity index (χ1) is 15.1. The number of ketones is 1. The van der Waals surface area contributed by atoms with E-state index in [1.54, 1.807) is 35.6 Å². The lowest BCUT2D eigenvalue weighted by Crippen LogP contribution is -2.23. The topological polar surface area (TPSA) is 81.4 Å². The molecule has 1 amide bonds. The number of hydrogen-bond donors (Lipinski definition) is 1. The summed E-state index contributed by atoms with van der Waals surface area (Å²) in [5, 5.41) is 3.61. The first-order valence-electron chi connectivity index (χ1n) is 10.1. The molecule has 31 heavy (non-hydrogen) atoms. The molecule has 6 nitrogen and oxygen atoms in total. The SMILES string of the molecule is CCOc1ccc(C(=O)CCC(=O)NCc2ccc(-c3nc4ccccc4s3)o2)cc1. The average Bonchev–Trinajstić information content (AvgIpc) is 3.43. The van der Waals surface area contributed by atoms with Gasteiger partial charge in [-0.3, -0.25) is 9.59 Å². The third kappa shape index (κ3) is 5.19. The first kappa shape index (κ1) is 20.8. The van der Waals surface area contributed by atoms with Gasteiger partial charge in [-0.2, -0.15) is 0 Å². The van der Waals surface area contributed by atoms with Gasteiger partial charge in [0.05, 0.1) is 23.4 Å². The number of rotatable bonds is 9. The van der Waals surface area contributed by atoms with Gasteiger partial charge < -0.3 is 14.5 Å². The van der Waals surface area contributed by atoms with Crippen LogP contribution in [0.5, 0.6) is 5.75 Å². The molecule has 0 spiro atoms. The summed E-state index contributed by atoms with van der Waals surface area (Å²) in [6.45, 7) is 2.74. The second-order valence-corrected chi connectivity index (χ2v) is 7.94. The van der Waals surface area contributed by atoms with E-state index in [0.717, 1.165) is 21.0 Å². The highest BCUT2D eigenvalue weighted by atomic mass is 32.1. The van der Waals surface area contributed by atoms with Gasteiger partial charge in [-0.1, -0.05) is 12.1 Å². The molecule has 0 bridgehead atoms. The maximum absolute atomic E-state index is 12.3. The van der Waals surface area contributed by atoms with E-state index in [2.05, 4.69) is 10.3 Å². The molecular weight excluding hydrogens is 412 g/mol. The minimum Gasteiger partial charge on any atom is -0.494 e. The third-order valence-corrected chi connectivity index (χ3v) is 5.74. The summed E-state index contributed by atoms with van der Waals surface area (Å²) in [5.74, 6) is 1.77. The normalized spacial score (nSPS) is 10.9. The molecule has 0 saturated carbocycles. The van der Waals surface area contributed by atoms with Crippen LogP contribution >= 0.6 is 11.3 Å². The summed E-state index contributed by atoms with van der Waals surface area (Å²) in [6.07, 6.45) is 0.270. The number of carbonyl (C=O) groups excluding carboxylic acids is 2. The van der Waals surface area contributed by atoms with Crippen LogP contribution in [0.15, 0.2) is 65.1 Å². The van der Waals surface area contributed by atoms with Gasteiger partial charge in [-0.15, -0.1) is 11.3 Å². The van der Waals surface area contributed by atoms with Crippen LogP contribution in [0, 0.1) is 0 Å². The lowest BCUT2D eigenvalue weighted by atomic mass is 10.1. The maximum Gasteiger partial charge on any atom is 0.220 e. The van der Waals surface area contributed by atoms with E-state index in [1.807, 2.05) is 43.3 Å². The van der Waals surface area contributed by atoms with Gasteiger partial charge in [0.15, 0.2) is 16.6 Å². The van der Waals surface area contributed by atoms with Crippen LogP contribution in [0.4, 0.5) is 0 Å². The van der Waals surface area contributed by atoms with Gasteiger partial charge in [0, 0.05) is 18.4 Å². The molecule has 0 unspecified atom stereocenters. The smallest absolute Gasteiger partial charge is 0.220 e. The highest BCUT2D eigenvalue weighted by Gasteiger charge is 2.12. The summed E-state index contributed by atoms with van der Waals surface area (Å²) >= 11 is 1.56. The molecular formula is C24H22N2O4S. The lowest BCUT2D eigenvalue weighted by Gasteiger charge is -2.05. The third-order valence-electron chi connectivity index (χ3n) is 4.69. The van der Waals surface area contributed by atoms with Crippen LogP contribution in [0.3, 0.4) is 0 Å². The van der Waals surface area contributed by atoms with Crippen molar-refractivity contribution in [3.8, 4) is 16.5 Å². The van der Waals surface area contributed by atoms with Crippen molar-refractivity contribution in [2.24, 2.45) is 0 Å². The lowest BCUT2D eigenvalue weighted by molar-refractivity contribution is -0.121. The average molecular weight is 435 g/mol. The second kappa shape index (κ2) is 9.57. The number of fused-ring (bicyclic) bond motifs is 1. The highest BCUT2D eigenvalue weighted by molar-refractivity contribution is 7.21. The number of benzene rings is 2. The van der Waals surface area contributed by atoms with Gasteiger partial charge >= 0.3 is 0 Å². The van der Waals surface area contributed by atoms with Crippen molar-refractivity contribution in [3.05, 3.63) is 72.0 Å². The van der Waals surface area contributed by atoms with Crippen molar-refractivity contribution in [2.75, 3.05) is 6.61 Å². The molecule has 4 rings (SSSR count). The zero-order valence-electron chi connectivity index (χ0n) is 17.1.